The predicted octanol–water partition coefficient (Wildman–Crippen LogP) is 2.28. The zero-order chi connectivity index (χ0) is 14.4. The van der Waals surface area contributed by atoms with Crippen LogP contribution >= 0.6 is 0 Å². The van der Waals surface area contributed by atoms with Crippen LogP contribution in [-0.4, -0.2) is 31.1 Å². The van der Waals surface area contributed by atoms with Gasteiger partial charge in [-0.25, -0.2) is 4.79 Å². The summed E-state index contributed by atoms with van der Waals surface area (Å²) in [4.78, 5) is 11.4. The molecule has 3 rings (SSSR count). The highest BCUT2D eigenvalue weighted by Crippen LogP contribution is 2.32. The van der Waals surface area contributed by atoms with Gasteiger partial charge in [0.05, 0.1) is 16.8 Å². The Bertz CT molecular complexity index is 829. The second-order valence-corrected chi connectivity index (χ2v) is 4.77. The third-order valence-electron chi connectivity index (χ3n) is 3.57. The summed E-state index contributed by atoms with van der Waals surface area (Å²) in [6.45, 7) is 3.84. The molecule has 0 saturated heterocycles. The van der Waals surface area contributed by atoms with Crippen molar-refractivity contribution in [2.75, 3.05) is 0 Å². The van der Waals surface area contributed by atoms with Gasteiger partial charge in [0.1, 0.15) is 5.69 Å². The van der Waals surface area contributed by atoms with E-state index in [2.05, 4.69) is 15.3 Å². The largest absolute Gasteiger partial charge is 0.478 e. The summed E-state index contributed by atoms with van der Waals surface area (Å²) in [5, 5.41) is 21.5. The van der Waals surface area contributed by atoms with E-state index >= 15 is 0 Å². The zero-order valence-electron chi connectivity index (χ0n) is 11.4. The third-order valence-corrected chi connectivity index (χ3v) is 3.57. The van der Waals surface area contributed by atoms with Crippen molar-refractivity contribution in [2.45, 2.75) is 13.8 Å². The Morgan fingerprint density at radius 2 is 2.10 bits per heavy atom. The maximum absolute atomic E-state index is 11.4. The molecular formula is C14H14N4O2. The molecule has 0 saturated carbocycles. The fourth-order valence-electron chi connectivity index (χ4n) is 2.55. The molecule has 2 aromatic heterocycles. The number of carboxylic acid groups (broad SMARTS) is 1. The molecule has 0 fully saturated rings. The Morgan fingerprint density at radius 1 is 1.35 bits per heavy atom. The van der Waals surface area contributed by atoms with Gasteiger partial charge in [-0.05, 0) is 26.0 Å². The molecule has 6 nitrogen and oxygen atoms in total. The molecular weight excluding hydrogens is 256 g/mol. The number of H-pyrrole nitrogens is 1. The highest BCUT2D eigenvalue weighted by molar-refractivity contribution is 6.08. The van der Waals surface area contributed by atoms with Crippen LogP contribution < -0.4 is 0 Å². The number of hydrogen-bond donors (Lipinski definition) is 2. The van der Waals surface area contributed by atoms with Gasteiger partial charge < -0.3 is 5.11 Å². The number of carbonyl (C=O) groups is 1. The fourth-order valence-corrected chi connectivity index (χ4v) is 2.55. The van der Waals surface area contributed by atoms with Crippen LogP contribution in [0.5, 0.6) is 0 Å². The van der Waals surface area contributed by atoms with Gasteiger partial charge in [0.15, 0.2) is 0 Å². The van der Waals surface area contributed by atoms with Gasteiger partial charge in [0.2, 0.25) is 0 Å². The van der Waals surface area contributed by atoms with Crippen LogP contribution in [0.3, 0.4) is 0 Å². The van der Waals surface area contributed by atoms with Gasteiger partial charge in [-0.2, -0.15) is 10.2 Å². The maximum atomic E-state index is 11.4. The number of carboxylic acids is 1. The number of nitrogens with one attached hydrogen (secondary N) is 1. The van der Waals surface area contributed by atoms with Crippen molar-refractivity contribution in [3.63, 3.8) is 0 Å². The molecule has 6 heteroatoms. The van der Waals surface area contributed by atoms with Crippen LogP contribution in [0, 0.1) is 13.8 Å². The predicted molar refractivity (Wildman–Crippen MR) is 74.7 cm³/mol. The number of benzene rings is 1. The number of nitrogens with zero attached hydrogens (tertiary/aromatic N) is 3. The number of aryl methyl sites for hydroxylation is 2. The van der Waals surface area contributed by atoms with E-state index in [-0.39, 0.29) is 5.56 Å². The average molecular weight is 270 g/mol. The topological polar surface area (TPSA) is 83.8 Å². The number of hydrogen-bond acceptors (Lipinski definition) is 3. The molecule has 0 aliphatic rings. The van der Waals surface area contributed by atoms with Crippen LogP contribution in [-0.2, 0) is 7.05 Å². The van der Waals surface area contributed by atoms with Gasteiger partial charge in [-0.15, -0.1) is 0 Å². The lowest BCUT2D eigenvalue weighted by molar-refractivity contribution is 0.0699. The van der Waals surface area contributed by atoms with Crippen molar-refractivity contribution in [3.8, 4) is 11.3 Å². The fraction of sp³-hybridized carbons (Fsp3) is 0.214. The Labute approximate surface area is 115 Å². The minimum absolute atomic E-state index is 0.244. The van der Waals surface area contributed by atoms with E-state index in [1.807, 2.05) is 27.0 Å². The first-order chi connectivity index (χ1) is 9.50. The molecule has 3 aromatic rings. The summed E-state index contributed by atoms with van der Waals surface area (Å²) in [5.74, 6) is -0.961. The standard InChI is InChI=1S/C14H14N4O2/c1-7-11(8(2)18(3)17-7)13-12-9(14(19)20)5-4-6-10(12)15-16-13/h4-6H,1-3H3,(H,15,16)(H,19,20). The monoisotopic (exact) mass is 270 g/mol. The van der Waals surface area contributed by atoms with Crippen LogP contribution in [0.2, 0.25) is 0 Å². The van der Waals surface area contributed by atoms with E-state index in [0.29, 0.717) is 16.6 Å². The number of aromatic nitrogens is 4. The summed E-state index contributed by atoms with van der Waals surface area (Å²) in [7, 11) is 1.86. The summed E-state index contributed by atoms with van der Waals surface area (Å²) >= 11 is 0. The third kappa shape index (κ3) is 1.61. The SMILES string of the molecule is Cc1nn(C)c(C)c1-c1n[nH]c2cccc(C(=O)O)c12. The Morgan fingerprint density at radius 3 is 2.70 bits per heavy atom. The maximum Gasteiger partial charge on any atom is 0.336 e. The van der Waals surface area contributed by atoms with Crippen molar-refractivity contribution >= 4 is 16.9 Å². The molecule has 2 N–H and O–H groups in total. The molecule has 0 aliphatic heterocycles. The van der Waals surface area contributed by atoms with Crippen molar-refractivity contribution in [2.24, 2.45) is 7.05 Å². The molecule has 0 atom stereocenters. The second kappa shape index (κ2) is 4.19. The molecule has 1 aromatic carbocycles. The van der Waals surface area contributed by atoms with Gasteiger partial charge in [0.25, 0.3) is 0 Å². The Hall–Kier alpha value is -2.63. The van der Waals surface area contributed by atoms with Crippen molar-refractivity contribution in [3.05, 3.63) is 35.2 Å². The van der Waals surface area contributed by atoms with Gasteiger partial charge >= 0.3 is 5.97 Å². The van der Waals surface area contributed by atoms with Gasteiger partial charge in [-0.3, -0.25) is 9.78 Å². The van der Waals surface area contributed by atoms with E-state index in [9.17, 15) is 9.90 Å². The molecule has 0 amide bonds. The van der Waals surface area contributed by atoms with E-state index in [0.717, 1.165) is 17.0 Å². The Kier molecular flexibility index (Phi) is 2.60. The van der Waals surface area contributed by atoms with E-state index in [1.54, 1.807) is 16.8 Å². The Balaban J connectivity index is 2.40. The summed E-state index contributed by atoms with van der Waals surface area (Å²) in [6.07, 6.45) is 0. The number of fused-ring (bicyclic) bond motifs is 1. The molecule has 0 aliphatic carbocycles. The quantitative estimate of drug-likeness (QED) is 0.748. The lowest BCUT2D eigenvalue weighted by Gasteiger charge is -2.02. The summed E-state index contributed by atoms with van der Waals surface area (Å²) < 4.78 is 1.77. The normalized spacial score (nSPS) is 11.2. The zero-order valence-corrected chi connectivity index (χ0v) is 11.4. The highest BCUT2D eigenvalue weighted by atomic mass is 16.4. The average Bonchev–Trinajstić information content (AvgIpc) is 2.91. The highest BCUT2D eigenvalue weighted by Gasteiger charge is 2.21. The van der Waals surface area contributed by atoms with Crippen molar-refractivity contribution in [1.29, 1.82) is 0 Å². The molecule has 102 valence electrons. The first kappa shape index (κ1) is 12.4. The van der Waals surface area contributed by atoms with Crippen LogP contribution in [0.4, 0.5) is 0 Å². The lowest BCUT2D eigenvalue weighted by Crippen LogP contribution is -1.97. The van der Waals surface area contributed by atoms with Crippen LogP contribution in [0.15, 0.2) is 18.2 Å². The number of rotatable bonds is 2. The minimum atomic E-state index is -0.961. The van der Waals surface area contributed by atoms with Gasteiger partial charge in [0, 0.05) is 23.7 Å². The van der Waals surface area contributed by atoms with Crippen molar-refractivity contribution < 1.29 is 9.90 Å². The minimum Gasteiger partial charge on any atom is -0.478 e. The first-order valence-corrected chi connectivity index (χ1v) is 6.21. The van der Waals surface area contributed by atoms with Crippen LogP contribution in [0.25, 0.3) is 22.2 Å². The molecule has 0 unspecified atom stereocenters. The lowest BCUT2D eigenvalue weighted by atomic mass is 10.0. The number of aromatic carboxylic acids is 1. The smallest absolute Gasteiger partial charge is 0.336 e. The summed E-state index contributed by atoms with van der Waals surface area (Å²) in [6, 6.07) is 5.11. The van der Waals surface area contributed by atoms with E-state index in [4.69, 9.17) is 0 Å². The molecule has 2 heterocycles. The second-order valence-electron chi connectivity index (χ2n) is 4.77. The first-order valence-electron chi connectivity index (χ1n) is 6.21. The molecule has 0 spiro atoms. The van der Waals surface area contributed by atoms with Crippen LogP contribution in [0.1, 0.15) is 21.7 Å². The molecule has 20 heavy (non-hydrogen) atoms. The number of aromatic amines is 1. The van der Waals surface area contributed by atoms with Crippen molar-refractivity contribution in [1.82, 2.24) is 20.0 Å². The van der Waals surface area contributed by atoms with E-state index in [1.165, 1.54) is 0 Å². The summed E-state index contributed by atoms with van der Waals surface area (Å²) in [5.41, 5.74) is 4.26. The molecule has 0 bridgehead atoms. The van der Waals surface area contributed by atoms with E-state index < -0.39 is 5.97 Å². The van der Waals surface area contributed by atoms with Gasteiger partial charge in [-0.1, -0.05) is 6.07 Å². The molecule has 0 radical (unpaired) electrons.